The lowest BCUT2D eigenvalue weighted by Gasteiger charge is -2.03. The Balaban J connectivity index is 2.53. The first-order valence-electron chi connectivity index (χ1n) is 2.79. The van der Waals surface area contributed by atoms with Crippen LogP contribution in [-0.2, 0) is 6.54 Å². The Kier molecular flexibility index (Phi) is 1.02. The van der Waals surface area contributed by atoms with Crippen LogP contribution in [0, 0.1) is 0 Å². The highest BCUT2D eigenvalue weighted by Crippen LogP contribution is 2.16. The number of nitrogens with one attached hydrogen (secondary N) is 1. The third kappa shape index (κ3) is 0.733. The highest BCUT2D eigenvalue weighted by Gasteiger charge is 2.04. The molecular weight excluding hydrogens is 132 g/mol. The minimum absolute atomic E-state index is 0.884. The van der Waals surface area contributed by atoms with Crippen LogP contribution in [0.2, 0.25) is 0 Å². The lowest BCUT2D eigenvalue weighted by molar-refractivity contribution is 0.834. The molecule has 0 unspecified atom stereocenters. The van der Waals surface area contributed by atoms with E-state index in [4.69, 9.17) is 0 Å². The maximum atomic E-state index is 4.16. The molecule has 0 saturated carbocycles. The molecule has 2 nitrogen and oxygen atoms in total. The van der Waals surface area contributed by atoms with Gasteiger partial charge in [-0.25, -0.2) is 4.98 Å². The molecule has 0 atom stereocenters. The van der Waals surface area contributed by atoms with Gasteiger partial charge in [-0.05, 0) is 12.3 Å². The number of aromatic nitrogens is 1. The summed E-state index contributed by atoms with van der Waals surface area (Å²) in [5.74, 6) is 0. The van der Waals surface area contributed by atoms with Crippen molar-refractivity contribution in [1.82, 2.24) is 10.3 Å². The molecule has 9 heavy (non-hydrogen) atoms. The summed E-state index contributed by atoms with van der Waals surface area (Å²) in [6.07, 6.45) is 4.01. The maximum Gasteiger partial charge on any atom is 0.0802 e. The van der Waals surface area contributed by atoms with Crippen molar-refractivity contribution in [3.8, 4) is 0 Å². The number of fused-ring (bicyclic) bond motifs is 1. The monoisotopic (exact) mass is 138 g/mol. The van der Waals surface area contributed by atoms with Crippen LogP contribution >= 0.6 is 11.3 Å². The van der Waals surface area contributed by atoms with Crippen molar-refractivity contribution in [1.29, 1.82) is 0 Å². The standard InChI is InChI=1S/C6H6N2S/c1-2-7-3-5-6(1)9-4-8-5/h1-2,4,7H,3H2. The second-order valence-corrected chi connectivity index (χ2v) is 2.76. The average molecular weight is 138 g/mol. The zero-order valence-corrected chi connectivity index (χ0v) is 5.61. The van der Waals surface area contributed by atoms with E-state index in [-0.39, 0.29) is 0 Å². The topological polar surface area (TPSA) is 24.9 Å². The third-order valence-corrected chi connectivity index (χ3v) is 2.13. The van der Waals surface area contributed by atoms with E-state index >= 15 is 0 Å². The SMILES string of the molecule is C1=Cc2scnc2CN1. The van der Waals surface area contributed by atoms with Crippen molar-refractivity contribution in [2.75, 3.05) is 0 Å². The van der Waals surface area contributed by atoms with Crippen LogP contribution in [0.4, 0.5) is 0 Å². The second-order valence-electron chi connectivity index (χ2n) is 1.88. The van der Waals surface area contributed by atoms with Gasteiger partial charge in [0, 0.05) is 0 Å². The Morgan fingerprint density at radius 2 is 2.67 bits per heavy atom. The number of nitrogens with zero attached hydrogens (tertiary/aromatic N) is 1. The van der Waals surface area contributed by atoms with Crippen LogP contribution in [0.3, 0.4) is 0 Å². The summed E-state index contributed by atoms with van der Waals surface area (Å²) < 4.78 is 0. The predicted octanol–water partition coefficient (Wildman–Crippen LogP) is 1.22. The van der Waals surface area contributed by atoms with Crippen LogP contribution in [-0.4, -0.2) is 4.98 Å². The number of rotatable bonds is 0. The molecule has 1 aromatic heterocycles. The maximum absolute atomic E-state index is 4.16. The zero-order valence-electron chi connectivity index (χ0n) is 4.79. The number of hydrogen-bond donors (Lipinski definition) is 1. The quantitative estimate of drug-likeness (QED) is 0.583. The van der Waals surface area contributed by atoms with Gasteiger partial charge in [-0.2, -0.15) is 0 Å². The molecule has 0 spiro atoms. The molecule has 0 bridgehead atoms. The fraction of sp³-hybridized carbons (Fsp3) is 0.167. The van der Waals surface area contributed by atoms with E-state index in [9.17, 15) is 0 Å². The van der Waals surface area contributed by atoms with E-state index in [1.165, 1.54) is 10.6 Å². The fourth-order valence-corrected chi connectivity index (χ4v) is 1.54. The van der Waals surface area contributed by atoms with E-state index < -0.39 is 0 Å². The molecule has 1 aliphatic heterocycles. The molecule has 0 aliphatic carbocycles. The molecule has 0 fully saturated rings. The first-order valence-corrected chi connectivity index (χ1v) is 3.67. The van der Waals surface area contributed by atoms with E-state index in [0.29, 0.717) is 0 Å². The van der Waals surface area contributed by atoms with Gasteiger partial charge in [-0.15, -0.1) is 11.3 Å². The largest absolute Gasteiger partial charge is 0.385 e. The van der Waals surface area contributed by atoms with Gasteiger partial charge in [0.2, 0.25) is 0 Å². The van der Waals surface area contributed by atoms with Crippen molar-refractivity contribution >= 4 is 17.4 Å². The normalized spacial score (nSPS) is 14.7. The van der Waals surface area contributed by atoms with Gasteiger partial charge < -0.3 is 5.32 Å². The smallest absolute Gasteiger partial charge is 0.0802 e. The Morgan fingerprint density at radius 1 is 1.67 bits per heavy atom. The van der Waals surface area contributed by atoms with Gasteiger partial charge >= 0.3 is 0 Å². The number of thiazole rings is 1. The van der Waals surface area contributed by atoms with Gasteiger partial charge in [0.15, 0.2) is 0 Å². The Labute approximate surface area is 57.2 Å². The van der Waals surface area contributed by atoms with Gasteiger partial charge in [-0.3, -0.25) is 0 Å². The number of hydrogen-bond acceptors (Lipinski definition) is 3. The first kappa shape index (κ1) is 4.99. The van der Waals surface area contributed by atoms with Crippen LogP contribution in [0.5, 0.6) is 0 Å². The van der Waals surface area contributed by atoms with Crippen molar-refractivity contribution in [3.63, 3.8) is 0 Å². The van der Waals surface area contributed by atoms with Gasteiger partial charge in [-0.1, -0.05) is 0 Å². The average Bonchev–Trinajstić information content (AvgIpc) is 2.33. The molecule has 3 heteroatoms. The van der Waals surface area contributed by atoms with Crippen molar-refractivity contribution < 1.29 is 0 Å². The lowest BCUT2D eigenvalue weighted by atomic mass is 10.3. The van der Waals surface area contributed by atoms with Crippen molar-refractivity contribution in [3.05, 3.63) is 22.3 Å². The van der Waals surface area contributed by atoms with Gasteiger partial charge in [0.05, 0.1) is 22.6 Å². The summed E-state index contributed by atoms with van der Waals surface area (Å²) in [5.41, 5.74) is 3.05. The summed E-state index contributed by atoms with van der Waals surface area (Å²) in [5, 5.41) is 3.09. The molecule has 1 aliphatic rings. The first-order chi connectivity index (χ1) is 4.47. The van der Waals surface area contributed by atoms with E-state index in [1.54, 1.807) is 11.3 Å². The second kappa shape index (κ2) is 1.84. The van der Waals surface area contributed by atoms with E-state index in [0.717, 1.165) is 6.54 Å². The minimum atomic E-state index is 0.884. The van der Waals surface area contributed by atoms with Crippen molar-refractivity contribution in [2.45, 2.75) is 6.54 Å². The molecule has 1 N–H and O–H groups in total. The molecule has 46 valence electrons. The van der Waals surface area contributed by atoms with Crippen molar-refractivity contribution in [2.24, 2.45) is 0 Å². The molecule has 2 heterocycles. The molecule has 0 radical (unpaired) electrons. The van der Waals surface area contributed by atoms with Gasteiger partial charge in [0.1, 0.15) is 0 Å². The van der Waals surface area contributed by atoms with Crippen LogP contribution in [0.1, 0.15) is 10.6 Å². The minimum Gasteiger partial charge on any atom is -0.385 e. The summed E-state index contributed by atoms with van der Waals surface area (Å²) >= 11 is 1.69. The summed E-state index contributed by atoms with van der Waals surface area (Å²) in [7, 11) is 0. The molecule has 0 saturated heterocycles. The van der Waals surface area contributed by atoms with Crippen LogP contribution in [0.25, 0.3) is 6.08 Å². The predicted molar refractivity (Wildman–Crippen MR) is 38.0 cm³/mol. The van der Waals surface area contributed by atoms with Gasteiger partial charge in [0.25, 0.3) is 0 Å². The van der Waals surface area contributed by atoms with E-state index in [2.05, 4.69) is 16.4 Å². The summed E-state index contributed by atoms with van der Waals surface area (Å²) in [6, 6.07) is 0. The summed E-state index contributed by atoms with van der Waals surface area (Å²) in [6.45, 7) is 0.884. The molecule has 0 aromatic carbocycles. The van der Waals surface area contributed by atoms with E-state index in [1.807, 2.05) is 11.7 Å². The molecule has 0 amide bonds. The Bertz CT molecular complexity index is 239. The fourth-order valence-electron chi connectivity index (χ4n) is 0.837. The Morgan fingerprint density at radius 3 is 3.56 bits per heavy atom. The highest BCUT2D eigenvalue weighted by atomic mass is 32.1. The lowest BCUT2D eigenvalue weighted by Crippen LogP contribution is -2.08. The molecule has 2 rings (SSSR count). The zero-order chi connectivity index (χ0) is 6.10. The molecule has 1 aromatic rings. The van der Waals surface area contributed by atoms with Crippen LogP contribution in [0.15, 0.2) is 11.7 Å². The third-order valence-electron chi connectivity index (χ3n) is 1.29. The van der Waals surface area contributed by atoms with Crippen LogP contribution < -0.4 is 5.32 Å². The Hall–Kier alpha value is -0.830. The molecular formula is C6H6N2S. The summed E-state index contributed by atoms with van der Waals surface area (Å²) in [4.78, 5) is 5.45. The highest BCUT2D eigenvalue weighted by molar-refractivity contribution is 7.10.